The SMILES string of the molecule is COC(=O)c1ncn(Cc2ccc(C)s2)c1N. The highest BCUT2D eigenvalue weighted by molar-refractivity contribution is 7.11. The summed E-state index contributed by atoms with van der Waals surface area (Å²) in [6.45, 7) is 2.67. The van der Waals surface area contributed by atoms with Gasteiger partial charge in [-0.3, -0.25) is 0 Å². The Morgan fingerprint density at radius 3 is 2.94 bits per heavy atom. The molecule has 0 aliphatic rings. The first-order chi connectivity index (χ1) is 8.11. The van der Waals surface area contributed by atoms with Crippen molar-refractivity contribution in [1.82, 2.24) is 9.55 Å². The Labute approximate surface area is 103 Å². The Bertz CT molecular complexity index is 545. The van der Waals surface area contributed by atoms with E-state index in [4.69, 9.17) is 5.73 Å². The first kappa shape index (κ1) is 11.7. The van der Waals surface area contributed by atoms with E-state index in [1.807, 2.05) is 19.1 Å². The molecule has 0 spiro atoms. The van der Waals surface area contributed by atoms with Crippen LogP contribution in [0.5, 0.6) is 0 Å². The number of anilines is 1. The third-order valence-electron chi connectivity index (χ3n) is 2.38. The quantitative estimate of drug-likeness (QED) is 0.842. The van der Waals surface area contributed by atoms with Gasteiger partial charge >= 0.3 is 5.97 Å². The molecule has 0 aliphatic carbocycles. The summed E-state index contributed by atoms with van der Waals surface area (Å²) in [5, 5.41) is 0. The third-order valence-corrected chi connectivity index (χ3v) is 3.36. The Morgan fingerprint density at radius 1 is 1.59 bits per heavy atom. The number of aryl methyl sites for hydroxylation is 1. The van der Waals surface area contributed by atoms with E-state index in [0.29, 0.717) is 12.4 Å². The summed E-state index contributed by atoms with van der Waals surface area (Å²) in [6.07, 6.45) is 1.55. The van der Waals surface area contributed by atoms with Crippen molar-refractivity contribution in [2.45, 2.75) is 13.5 Å². The number of carbonyl (C=O) groups is 1. The van der Waals surface area contributed by atoms with Gasteiger partial charge in [0.05, 0.1) is 20.0 Å². The molecule has 2 rings (SSSR count). The number of rotatable bonds is 3. The van der Waals surface area contributed by atoms with Crippen molar-refractivity contribution in [2.75, 3.05) is 12.8 Å². The Kier molecular flexibility index (Phi) is 3.14. The highest BCUT2D eigenvalue weighted by Gasteiger charge is 2.16. The summed E-state index contributed by atoms with van der Waals surface area (Å²) >= 11 is 1.69. The lowest BCUT2D eigenvalue weighted by Gasteiger charge is -2.03. The maximum absolute atomic E-state index is 11.3. The molecular weight excluding hydrogens is 238 g/mol. The molecule has 2 heterocycles. The van der Waals surface area contributed by atoms with Gasteiger partial charge in [0.15, 0.2) is 5.69 Å². The lowest BCUT2D eigenvalue weighted by molar-refractivity contribution is 0.0596. The number of thiophene rings is 1. The molecule has 2 aromatic rings. The number of ether oxygens (including phenoxy) is 1. The summed E-state index contributed by atoms with van der Waals surface area (Å²) in [7, 11) is 1.31. The minimum absolute atomic E-state index is 0.167. The summed E-state index contributed by atoms with van der Waals surface area (Å²) in [6, 6.07) is 4.09. The van der Waals surface area contributed by atoms with Gasteiger partial charge in [-0.05, 0) is 19.1 Å². The lowest BCUT2D eigenvalue weighted by Crippen LogP contribution is -2.08. The molecule has 2 N–H and O–H groups in total. The largest absolute Gasteiger partial charge is 0.464 e. The van der Waals surface area contributed by atoms with Gasteiger partial charge in [0, 0.05) is 9.75 Å². The molecule has 0 atom stereocenters. The van der Waals surface area contributed by atoms with Crippen molar-refractivity contribution in [3.63, 3.8) is 0 Å². The molecular formula is C11H13N3O2S. The van der Waals surface area contributed by atoms with E-state index in [2.05, 4.69) is 9.72 Å². The fourth-order valence-electron chi connectivity index (χ4n) is 1.51. The second-order valence-electron chi connectivity index (χ2n) is 3.61. The van der Waals surface area contributed by atoms with Crippen LogP contribution in [0.1, 0.15) is 20.2 Å². The topological polar surface area (TPSA) is 70.1 Å². The van der Waals surface area contributed by atoms with Crippen LogP contribution in [-0.4, -0.2) is 22.6 Å². The van der Waals surface area contributed by atoms with Crippen molar-refractivity contribution in [3.05, 3.63) is 33.9 Å². The average molecular weight is 251 g/mol. The molecule has 0 saturated carbocycles. The normalized spacial score (nSPS) is 10.5. The smallest absolute Gasteiger partial charge is 0.360 e. The molecule has 0 aliphatic heterocycles. The first-order valence-electron chi connectivity index (χ1n) is 5.06. The van der Waals surface area contributed by atoms with Crippen molar-refractivity contribution < 1.29 is 9.53 Å². The van der Waals surface area contributed by atoms with Gasteiger partial charge in [-0.2, -0.15) is 0 Å². The number of nitrogen functional groups attached to an aromatic ring is 1. The maximum atomic E-state index is 11.3. The predicted octanol–water partition coefficient (Wildman–Crippen LogP) is 1.67. The second kappa shape index (κ2) is 4.58. The van der Waals surface area contributed by atoms with E-state index in [9.17, 15) is 4.79 Å². The fourth-order valence-corrected chi connectivity index (χ4v) is 2.40. The number of methoxy groups -OCH3 is 1. The van der Waals surface area contributed by atoms with E-state index in [0.717, 1.165) is 0 Å². The van der Waals surface area contributed by atoms with E-state index in [1.54, 1.807) is 22.2 Å². The second-order valence-corrected chi connectivity index (χ2v) is 4.98. The van der Waals surface area contributed by atoms with E-state index >= 15 is 0 Å². The molecule has 5 nitrogen and oxygen atoms in total. The zero-order valence-corrected chi connectivity index (χ0v) is 10.5. The van der Waals surface area contributed by atoms with Crippen LogP contribution in [0.2, 0.25) is 0 Å². The van der Waals surface area contributed by atoms with Crippen LogP contribution in [0.15, 0.2) is 18.5 Å². The zero-order chi connectivity index (χ0) is 12.4. The molecule has 6 heteroatoms. The summed E-state index contributed by atoms with van der Waals surface area (Å²) in [5.74, 6) is -0.175. The van der Waals surface area contributed by atoms with Crippen LogP contribution in [-0.2, 0) is 11.3 Å². The molecule has 0 amide bonds. The first-order valence-corrected chi connectivity index (χ1v) is 5.87. The van der Waals surface area contributed by atoms with Gasteiger partial charge in [0.2, 0.25) is 0 Å². The fraction of sp³-hybridized carbons (Fsp3) is 0.273. The minimum Gasteiger partial charge on any atom is -0.464 e. The molecule has 0 saturated heterocycles. The monoisotopic (exact) mass is 251 g/mol. The van der Waals surface area contributed by atoms with Crippen LogP contribution >= 0.6 is 11.3 Å². The van der Waals surface area contributed by atoms with Crippen molar-refractivity contribution in [1.29, 1.82) is 0 Å². The number of hydrogen-bond acceptors (Lipinski definition) is 5. The van der Waals surface area contributed by atoms with Gasteiger partial charge in [-0.15, -0.1) is 11.3 Å². The molecule has 0 radical (unpaired) electrons. The molecule has 0 unspecified atom stereocenters. The van der Waals surface area contributed by atoms with E-state index in [1.165, 1.54) is 16.9 Å². The number of imidazole rings is 1. The average Bonchev–Trinajstić information content (AvgIpc) is 2.87. The van der Waals surface area contributed by atoms with E-state index < -0.39 is 5.97 Å². The number of nitrogens with zero attached hydrogens (tertiary/aromatic N) is 2. The highest BCUT2D eigenvalue weighted by Crippen LogP contribution is 2.19. The van der Waals surface area contributed by atoms with Gasteiger partial charge in [-0.1, -0.05) is 0 Å². The van der Waals surface area contributed by atoms with Crippen molar-refractivity contribution in [3.8, 4) is 0 Å². The van der Waals surface area contributed by atoms with Gasteiger partial charge in [-0.25, -0.2) is 9.78 Å². The third kappa shape index (κ3) is 2.31. The lowest BCUT2D eigenvalue weighted by atomic mass is 10.4. The van der Waals surface area contributed by atoms with Crippen molar-refractivity contribution in [2.24, 2.45) is 0 Å². The Balaban J connectivity index is 2.23. The highest BCUT2D eigenvalue weighted by atomic mass is 32.1. The predicted molar refractivity (Wildman–Crippen MR) is 66.1 cm³/mol. The van der Waals surface area contributed by atoms with Crippen molar-refractivity contribution >= 4 is 23.1 Å². The standard InChI is InChI=1S/C11H13N3O2S/c1-7-3-4-8(17-7)5-14-6-13-9(10(14)12)11(15)16-2/h3-4,6H,5,12H2,1-2H3. The molecule has 0 aromatic carbocycles. The Hall–Kier alpha value is -1.82. The molecule has 90 valence electrons. The number of carbonyl (C=O) groups excluding carboxylic acids is 1. The summed E-state index contributed by atoms with van der Waals surface area (Å²) in [4.78, 5) is 17.7. The molecule has 0 bridgehead atoms. The number of aromatic nitrogens is 2. The van der Waals surface area contributed by atoms with Crippen LogP contribution in [0.4, 0.5) is 5.82 Å². The minimum atomic E-state index is -0.511. The van der Waals surface area contributed by atoms with Crippen LogP contribution in [0.25, 0.3) is 0 Å². The van der Waals surface area contributed by atoms with Gasteiger partial charge in [0.1, 0.15) is 5.82 Å². The zero-order valence-electron chi connectivity index (χ0n) is 9.64. The van der Waals surface area contributed by atoms with E-state index in [-0.39, 0.29) is 5.69 Å². The summed E-state index contributed by atoms with van der Waals surface area (Å²) in [5.41, 5.74) is 6.01. The Morgan fingerprint density at radius 2 is 2.35 bits per heavy atom. The number of esters is 1. The summed E-state index contributed by atoms with van der Waals surface area (Å²) < 4.78 is 6.33. The van der Waals surface area contributed by atoms with Crippen LogP contribution in [0.3, 0.4) is 0 Å². The van der Waals surface area contributed by atoms with Crippen LogP contribution < -0.4 is 5.73 Å². The number of nitrogens with two attached hydrogens (primary N) is 1. The molecule has 0 fully saturated rings. The maximum Gasteiger partial charge on any atom is 0.360 e. The van der Waals surface area contributed by atoms with Gasteiger partial charge < -0.3 is 15.0 Å². The van der Waals surface area contributed by atoms with Crippen LogP contribution in [0, 0.1) is 6.92 Å². The van der Waals surface area contributed by atoms with Gasteiger partial charge in [0.25, 0.3) is 0 Å². The molecule has 17 heavy (non-hydrogen) atoms. The number of hydrogen-bond donors (Lipinski definition) is 1. The molecule has 2 aromatic heterocycles.